The maximum absolute atomic E-state index is 11.8. The molecule has 0 spiro atoms. The molecule has 2 rings (SSSR count). The summed E-state index contributed by atoms with van der Waals surface area (Å²) < 4.78 is -0.486. The summed E-state index contributed by atoms with van der Waals surface area (Å²) in [7, 11) is 0. The first-order chi connectivity index (χ1) is 8.15. The Bertz CT molecular complexity index is 473. The van der Waals surface area contributed by atoms with E-state index in [0.717, 1.165) is 6.42 Å². The highest BCUT2D eigenvalue weighted by Gasteiger charge is 2.31. The van der Waals surface area contributed by atoms with E-state index < -0.39 is 4.32 Å². The van der Waals surface area contributed by atoms with Gasteiger partial charge in [0.05, 0.1) is 0 Å². The molecule has 17 heavy (non-hydrogen) atoms. The number of halogens is 1. The van der Waals surface area contributed by atoms with Gasteiger partial charge in [0.25, 0.3) is 0 Å². The van der Waals surface area contributed by atoms with Crippen LogP contribution >= 0.6 is 15.9 Å². The maximum Gasteiger partial charge on any atom is 0.153 e. The lowest BCUT2D eigenvalue weighted by molar-refractivity contribution is -0.119. The molecule has 0 aromatic heterocycles. The van der Waals surface area contributed by atoms with Crippen molar-refractivity contribution in [3.05, 3.63) is 54.1 Å². The summed E-state index contributed by atoms with van der Waals surface area (Å²) in [5.41, 5.74) is 2.38. The average Bonchev–Trinajstić information content (AvgIpc) is 2.39. The van der Waals surface area contributed by atoms with Crippen LogP contribution in [0.4, 0.5) is 0 Å². The number of ketones is 1. The van der Waals surface area contributed by atoms with E-state index >= 15 is 0 Å². The van der Waals surface area contributed by atoms with Crippen LogP contribution < -0.4 is 0 Å². The molecule has 0 aliphatic heterocycles. The maximum atomic E-state index is 11.8. The van der Waals surface area contributed by atoms with Crippen LogP contribution in [0, 0.1) is 0 Å². The lowest BCUT2D eigenvalue weighted by atomic mass is 9.89. The van der Waals surface area contributed by atoms with E-state index in [-0.39, 0.29) is 5.78 Å². The van der Waals surface area contributed by atoms with Crippen molar-refractivity contribution >= 4 is 27.3 Å². The van der Waals surface area contributed by atoms with Gasteiger partial charge in [-0.2, -0.15) is 0 Å². The summed E-state index contributed by atoms with van der Waals surface area (Å²) in [6, 6.07) is 10.2. The number of benzene rings is 1. The Kier molecular flexibility index (Phi) is 3.63. The Balaban J connectivity index is 2.20. The molecule has 1 nitrogen and oxygen atoms in total. The van der Waals surface area contributed by atoms with Gasteiger partial charge in [-0.1, -0.05) is 71.4 Å². The third kappa shape index (κ3) is 2.58. The molecule has 0 fully saturated rings. The second-order valence-corrected chi connectivity index (χ2v) is 5.62. The Morgan fingerprint density at radius 1 is 1.35 bits per heavy atom. The summed E-state index contributed by atoms with van der Waals surface area (Å²) in [5.74, 6) is 0.233. The van der Waals surface area contributed by atoms with Crippen LogP contribution in [0.15, 0.2) is 48.6 Å². The molecule has 1 unspecified atom stereocenters. The predicted molar refractivity (Wildman–Crippen MR) is 75.1 cm³/mol. The standard InChI is InChI=1S/C15H15BrO/c1-2-14(17)15(16)10-8-13(9-11-15)12-6-4-3-5-7-12/h3-10H,2,11H2,1H3. The van der Waals surface area contributed by atoms with E-state index in [1.165, 1.54) is 11.1 Å². The molecule has 2 heteroatoms. The number of Topliss-reactive ketones (excluding diaryl/α,β-unsaturated/α-hetero) is 1. The van der Waals surface area contributed by atoms with Gasteiger partial charge in [0.15, 0.2) is 5.78 Å². The zero-order chi connectivity index (χ0) is 12.3. The summed E-state index contributed by atoms with van der Waals surface area (Å²) in [6.45, 7) is 1.90. The molecule has 0 heterocycles. The summed E-state index contributed by atoms with van der Waals surface area (Å²) in [6.07, 6.45) is 7.41. The first kappa shape index (κ1) is 12.3. The topological polar surface area (TPSA) is 17.1 Å². The van der Waals surface area contributed by atoms with Gasteiger partial charge in [-0.05, 0) is 17.6 Å². The van der Waals surface area contributed by atoms with Gasteiger partial charge >= 0.3 is 0 Å². The first-order valence-corrected chi connectivity index (χ1v) is 6.62. The number of allylic oxidation sites excluding steroid dienone is 4. The van der Waals surface area contributed by atoms with Crippen molar-refractivity contribution < 1.29 is 4.79 Å². The molecule has 0 bridgehead atoms. The zero-order valence-electron chi connectivity index (χ0n) is 9.82. The minimum Gasteiger partial charge on any atom is -0.298 e. The Labute approximate surface area is 110 Å². The van der Waals surface area contributed by atoms with Gasteiger partial charge in [0.1, 0.15) is 4.32 Å². The summed E-state index contributed by atoms with van der Waals surface area (Å²) in [4.78, 5) is 11.8. The highest BCUT2D eigenvalue weighted by Crippen LogP contribution is 2.34. The van der Waals surface area contributed by atoms with Crippen molar-refractivity contribution in [2.45, 2.75) is 24.1 Å². The Morgan fingerprint density at radius 3 is 2.59 bits per heavy atom. The third-order valence-electron chi connectivity index (χ3n) is 3.04. The second kappa shape index (κ2) is 5.01. The van der Waals surface area contributed by atoms with Gasteiger partial charge in [0.2, 0.25) is 0 Å². The number of hydrogen-bond donors (Lipinski definition) is 0. The van der Waals surface area contributed by atoms with E-state index in [0.29, 0.717) is 6.42 Å². The van der Waals surface area contributed by atoms with Crippen LogP contribution in [0.5, 0.6) is 0 Å². The van der Waals surface area contributed by atoms with E-state index in [2.05, 4.69) is 34.1 Å². The minimum absolute atomic E-state index is 0.233. The number of rotatable bonds is 3. The molecule has 1 aromatic carbocycles. The highest BCUT2D eigenvalue weighted by molar-refractivity contribution is 9.10. The van der Waals surface area contributed by atoms with E-state index in [1.54, 1.807) is 0 Å². The van der Waals surface area contributed by atoms with Crippen LogP contribution in [-0.2, 0) is 4.79 Å². The molecular weight excluding hydrogens is 276 g/mol. The molecule has 1 atom stereocenters. The highest BCUT2D eigenvalue weighted by atomic mass is 79.9. The van der Waals surface area contributed by atoms with Crippen molar-refractivity contribution in [1.29, 1.82) is 0 Å². The molecule has 1 aliphatic carbocycles. The fourth-order valence-corrected chi connectivity index (χ4v) is 2.54. The second-order valence-electron chi connectivity index (χ2n) is 4.20. The summed E-state index contributed by atoms with van der Waals surface area (Å²) in [5, 5.41) is 0. The molecule has 0 N–H and O–H groups in total. The van der Waals surface area contributed by atoms with E-state index in [1.807, 2.05) is 37.3 Å². The van der Waals surface area contributed by atoms with Crippen molar-refractivity contribution in [2.24, 2.45) is 0 Å². The molecular formula is C15H15BrO. The molecule has 0 amide bonds. The lowest BCUT2D eigenvalue weighted by Crippen LogP contribution is -2.29. The van der Waals surface area contributed by atoms with Crippen LogP contribution in [0.25, 0.3) is 5.57 Å². The van der Waals surface area contributed by atoms with Crippen LogP contribution in [0.1, 0.15) is 25.3 Å². The van der Waals surface area contributed by atoms with Crippen LogP contribution in [0.2, 0.25) is 0 Å². The van der Waals surface area contributed by atoms with Gasteiger partial charge in [-0.15, -0.1) is 0 Å². The smallest absolute Gasteiger partial charge is 0.153 e. The Hall–Kier alpha value is -1.15. The summed E-state index contributed by atoms with van der Waals surface area (Å²) >= 11 is 3.54. The van der Waals surface area contributed by atoms with Crippen molar-refractivity contribution in [3.8, 4) is 0 Å². The van der Waals surface area contributed by atoms with Gasteiger partial charge in [-0.3, -0.25) is 4.79 Å². The quantitative estimate of drug-likeness (QED) is 0.765. The fourth-order valence-electron chi connectivity index (χ4n) is 1.96. The van der Waals surface area contributed by atoms with Crippen molar-refractivity contribution in [3.63, 3.8) is 0 Å². The van der Waals surface area contributed by atoms with E-state index in [4.69, 9.17) is 0 Å². The lowest BCUT2D eigenvalue weighted by Gasteiger charge is -2.24. The molecule has 0 saturated heterocycles. The number of carbonyl (C=O) groups is 1. The molecule has 88 valence electrons. The van der Waals surface area contributed by atoms with Crippen LogP contribution in [-0.4, -0.2) is 10.1 Å². The molecule has 1 aliphatic rings. The van der Waals surface area contributed by atoms with Gasteiger partial charge < -0.3 is 0 Å². The number of alkyl halides is 1. The van der Waals surface area contributed by atoms with Crippen LogP contribution in [0.3, 0.4) is 0 Å². The van der Waals surface area contributed by atoms with Gasteiger partial charge in [-0.25, -0.2) is 0 Å². The monoisotopic (exact) mass is 290 g/mol. The van der Waals surface area contributed by atoms with Crippen molar-refractivity contribution in [1.82, 2.24) is 0 Å². The third-order valence-corrected chi connectivity index (χ3v) is 4.07. The minimum atomic E-state index is -0.486. The number of carbonyl (C=O) groups excluding carboxylic acids is 1. The Morgan fingerprint density at radius 2 is 2.06 bits per heavy atom. The normalized spacial score (nSPS) is 23.3. The number of hydrogen-bond acceptors (Lipinski definition) is 1. The molecule has 0 radical (unpaired) electrons. The van der Waals surface area contributed by atoms with Crippen molar-refractivity contribution in [2.75, 3.05) is 0 Å². The largest absolute Gasteiger partial charge is 0.298 e. The molecule has 1 aromatic rings. The fraction of sp³-hybridized carbons (Fsp3) is 0.267. The average molecular weight is 291 g/mol. The van der Waals surface area contributed by atoms with Gasteiger partial charge in [0, 0.05) is 6.42 Å². The first-order valence-electron chi connectivity index (χ1n) is 5.83. The molecule has 0 saturated carbocycles. The van der Waals surface area contributed by atoms with E-state index in [9.17, 15) is 4.79 Å². The predicted octanol–water partition coefficient (Wildman–Crippen LogP) is 4.14. The zero-order valence-corrected chi connectivity index (χ0v) is 11.4. The SMILES string of the molecule is CCC(=O)C1(Br)C=CC(c2ccccc2)=CC1.